The molecule has 5 rings (SSSR count). The van der Waals surface area contributed by atoms with E-state index in [1.807, 2.05) is 0 Å². The Bertz CT molecular complexity index is 1660. The van der Waals surface area contributed by atoms with Gasteiger partial charge in [0.15, 0.2) is 11.9 Å². The first-order valence-electron chi connectivity index (χ1n) is 13.5. The molecule has 1 saturated carbocycles. The first-order chi connectivity index (χ1) is 20.9. The number of hydrogen-bond acceptors (Lipinski definition) is 9. The highest BCUT2D eigenvalue weighted by Crippen LogP contribution is 2.49. The zero-order chi connectivity index (χ0) is 33.1. The van der Waals surface area contributed by atoms with E-state index in [4.69, 9.17) is 26.0 Å². The van der Waals surface area contributed by atoms with E-state index in [9.17, 15) is 35.5 Å². The average Bonchev–Trinajstić information content (AvgIpc) is 3.65. The standard InChI is InChI=1S/C27H26F8N6O4/c1-10-17(27(33,34)35)12(7-13(36)18(10)28)20-19(29)21-16(23(39-20)45-14(26(30,31)32)6-11-2-5-38-11)22(37)41-24(40-21)44-9-25(3-4-25)8-15(42)43/h7,11,14,38H,2-6,8-9,36H2,1H3,(H,42,43)(H2,37,40,41). The molecule has 45 heavy (non-hydrogen) atoms. The van der Waals surface area contributed by atoms with E-state index in [-0.39, 0.29) is 13.0 Å². The van der Waals surface area contributed by atoms with Crippen molar-refractivity contribution in [2.45, 2.75) is 63.5 Å². The minimum Gasteiger partial charge on any atom is -0.481 e. The van der Waals surface area contributed by atoms with E-state index in [0.717, 1.165) is 6.92 Å². The molecule has 2 unspecified atom stereocenters. The van der Waals surface area contributed by atoms with Gasteiger partial charge in [0.05, 0.1) is 24.3 Å². The number of halogens is 8. The molecule has 6 N–H and O–H groups in total. The van der Waals surface area contributed by atoms with Gasteiger partial charge in [0.1, 0.15) is 28.2 Å². The average molecular weight is 651 g/mol. The third-order valence-electron chi connectivity index (χ3n) is 7.86. The van der Waals surface area contributed by atoms with Gasteiger partial charge in [0.2, 0.25) is 5.88 Å². The number of ether oxygens (including phenoxy) is 2. The van der Waals surface area contributed by atoms with Gasteiger partial charge in [0.25, 0.3) is 0 Å². The van der Waals surface area contributed by atoms with Crippen molar-refractivity contribution in [3.8, 4) is 23.1 Å². The number of nitrogens with two attached hydrogens (primary N) is 2. The summed E-state index contributed by atoms with van der Waals surface area (Å²) >= 11 is 0. The molecule has 0 spiro atoms. The van der Waals surface area contributed by atoms with Crippen molar-refractivity contribution in [3.63, 3.8) is 0 Å². The van der Waals surface area contributed by atoms with Crippen molar-refractivity contribution < 1.29 is 54.5 Å². The number of anilines is 2. The summed E-state index contributed by atoms with van der Waals surface area (Å²) in [6.45, 7) is 0.959. The second kappa shape index (κ2) is 11.3. The maximum absolute atomic E-state index is 16.2. The summed E-state index contributed by atoms with van der Waals surface area (Å²) in [7, 11) is 0. The molecule has 1 aromatic carbocycles. The predicted octanol–water partition coefficient (Wildman–Crippen LogP) is 5.16. The first kappa shape index (κ1) is 32.2. The Labute approximate surface area is 249 Å². The Kier molecular flexibility index (Phi) is 8.08. The largest absolute Gasteiger partial charge is 0.481 e. The van der Waals surface area contributed by atoms with Crippen LogP contribution in [0.25, 0.3) is 22.2 Å². The number of nitrogens with one attached hydrogen (secondary N) is 1. The molecule has 3 aromatic rings. The number of nitrogen functional groups attached to an aromatic ring is 2. The topological polar surface area (TPSA) is 158 Å². The lowest BCUT2D eigenvalue weighted by molar-refractivity contribution is -0.199. The summed E-state index contributed by atoms with van der Waals surface area (Å²) in [5, 5.41) is 11.2. The van der Waals surface area contributed by atoms with Crippen LogP contribution >= 0.6 is 0 Å². The molecule has 2 atom stereocenters. The maximum atomic E-state index is 16.2. The molecule has 1 saturated heterocycles. The predicted molar refractivity (Wildman–Crippen MR) is 142 cm³/mol. The van der Waals surface area contributed by atoms with Crippen molar-refractivity contribution in [1.82, 2.24) is 20.3 Å². The molecule has 0 bridgehead atoms. The van der Waals surface area contributed by atoms with Crippen molar-refractivity contribution in [2.75, 3.05) is 24.6 Å². The van der Waals surface area contributed by atoms with Crippen LogP contribution in [0.5, 0.6) is 11.9 Å². The number of hydrogen-bond donors (Lipinski definition) is 4. The van der Waals surface area contributed by atoms with E-state index in [2.05, 4.69) is 20.3 Å². The van der Waals surface area contributed by atoms with Gasteiger partial charge < -0.3 is 31.4 Å². The van der Waals surface area contributed by atoms with Gasteiger partial charge in [-0.1, -0.05) is 0 Å². The molecule has 3 heterocycles. The second-order valence-corrected chi connectivity index (χ2v) is 11.2. The first-order valence-corrected chi connectivity index (χ1v) is 13.5. The number of aliphatic carboxylic acids is 1. The summed E-state index contributed by atoms with van der Waals surface area (Å²) < 4.78 is 126. The number of rotatable bonds is 10. The summed E-state index contributed by atoms with van der Waals surface area (Å²) in [5.74, 6) is -5.86. The number of carbonyl (C=O) groups is 1. The van der Waals surface area contributed by atoms with Crippen LogP contribution in [-0.4, -0.2) is 57.5 Å². The maximum Gasteiger partial charge on any atom is 0.425 e. The van der Waals surface area contributed by atoms with E-state index < -0.39 is 111 Å². The van der Waals surface area contributed by atoms with Crippen LogP contribution in [0.4, 0.5) is 46.6 Å². The van der Waals surface area contributed by atoms with Crippen molar-refractivity contribution >= 4 is 28.4 Å². The van der Waals surface area contributed by atoms with E-state index in [0.29, 0.717) is 31.9 Å². The molecule has 1 aliphatic carbocycles. The Balaban J connectivity index is 1.71. The quantitative estimate of drug-likeness (QED) is 0.171. The highest BCUT2D eigenvalue weighted by molar-refractivity contribution is 5.96. The third-order valence-corrected chi connectivity index (χ3v) is 7.86. The number of carboxylic acids is 1. The lowest BCUT2D eigenvalue weighted by Gasteiger charge is -2.32. The van der Waals surface area contributed by atoms with Gasteiger partial charge in [-0.25, -0.2) is 13.8 Å². The van der Waals surface area contributed by atoms with Crippen molar-refractivity contribution in [3.05, 3.63) is 28.8 Å². The number of alkyl halides is 6. The van der Waals surface area contributed by atoms with Gasteiger partial charge in [-0.2, -0.15) is 36.3 Å². The summed E-state index contributed by atoms with van der Waals surface area (Å²) in [6, 6.07) is -0.778. The molecule has 2 aromatic heterocycles. The Morgan fingerprint density at radius 3 is 2.33 bits per heavy atom. The third kappa shape index (κ3) is 6.46. The van der Waals surface area contributed by atoms with Crippen LogP contribution in [0.1, 0.15) is 43.2 Å². The van der Waals surface area contributed by atoms with Crippen molar-refractivity contribution in [1.29, 1.82) is 0 Å². The van der Waals surface area contributed by atoms with Gasteiger partial charge in [-0.15, -0.1) is 0 Å². The number of benzene rings is 1. The second-order valence-electron chi connectivity index (χ2n) is 11.2. The molecule has 1 aliphatic heterocycles. The molecular weight excluding hydrogens is 624 g/mol. The normalized spacial score (nSPS) is 18.4. The number of aromatic nitrogens is 3. The monoisotopic (exact) mass is 650 g/mol. The molecule has 0 radical (unpaired) electrons. The fourth-order valence-electron chi connectivity index (χ4n) is 5.12. The Morgan fingerprint density at radius 1 is 1.13 bits per heavy atom. The van der Waals surface area contributed by atoms with Crippen LogP contribution in [0, 0.1) is 24.0 Å². The zero-order valence-electron chi connectivity index (χ0n) is 23.4. The highest BCUT2D eigenvalue weighted by atomic mass is 19.4. The van der Waals surface area contributed by atoms with E-state index >= 15 is 4.39 Å². The van der Waals surface area contributed by atoms with E-state index in [1.54, 1.807) is 0 Å². The highest BCUT2D eigenvalue weighted by Gasteiger charge is 2.47. The minimum atomic E-state index is -5.29. The minimum absolute atomic E-state index is 0.246. The van der Waals surface area contributed by atoms with Crippen molar-refractivity contribution in [2.24, 2.45) is 5.41 Å². The molecule has 0 amide bonds. The number of nitrogens with zero attached hydrogens (tertiary/aromatic N) is 3. The molecule has 10 nitrogen and oxygen atoms in total. The van der Waals surface area contributed by atoms with Gasteiger partial charge in [-0.05, 0) is 44.4 Å². The number of carboxylic acid groups (broad SMARTS) is 1. The van der Waals surface area contributed by atoms with Crippen LogP contribution in [-0.2, 0) is 11.0 Å². The van der Waals surface area contributed by atoms with Gasteiger partial charge in [-0.3, -0.25) is 4.79 Å². The number of pyridine rings is 1. The smallest absolute Gasteiger partial charge is 0.425 e. The summed E-state index contributed by atoms with van der Waals surface area (Å²) in [5.41, 5.74) is 4.08. The molecule has 244 valence electrons. The summed E-state index contributed by atoms with van der Waals surface area (Å²) in [6.07, 6.45) is -12.4. The fourth-order valence-corrected chi connectivity index (χ4v) is 5.12. The van der Waals surface area contributed by atoms with Crippen LogP contribution in [0.3, 0.4) is 0 Å². The molecule has 2 fully saturated rings. The van der Waals surface area contributed by atoms with Crippen LogP contribution in [0.15, 0.2) is 6.07 Å². The SMILES string of the molecule is Cc1c(F)c(N)cc(-c2nc(OC(CC3CCN3)C(F)(F)F)c3c(N)nc(OCC4(CC(=O)O)CC4)nc3c2F)c1C(F)(F)F. The van der Waals surface area contributed by atoms with Crippen LogP contribution < -0.4 is 26.3 Å². The fraction of sp³-hybridized carbons (Fsp3) is 0.481. The lowest BCUT2D eigenvalue weighted by Crippen LogP contribution is -2.49. The van der Waals surface area contributed by atoms with Gasteiger partial charge in [0, 0.05) is 23.4 Å². The number of fused-ring (bicyclic) bond motifs is 1. The zero-order valence-corrected chi connectivity index (χ0v) is 23.4. The Morgan fingerprint density at radius 2 is 1.80 bits per heavy atom. The Hall–Kier alpha value is -4.22. The van der Waals surface area contributed by atoms with E-state index in [1.165, 1.54) is 0 Å². The molecule has 2 aliphatic rings. The molecular formula is C27H26F8N6O4. The molecule has 18 heteroatoms. The van der Waals surface area contributed by atoms with Crippen LogP contribution in [0.2, 0.25) is 0 Å². The van der Waals surface area contributed by atoms with Gasteiger partial charge >= 0.3 is 24.3 Å². The lowest BCUT2D eigenvalue weighted by atomic mass is 9.96. The summed E-state index contributed by atoms with van der Waals surface area (Å²) in [4.78, 5) is 22.6.